The summed E-state index contributed by atoms with van der Waals surface area (Å²) in [6.07, 6.45) is 3.75. The van der Waals surface area contributed by atoms with E-state index in [0.717, 1.165) is 12.2 Å². The fourth-order valence-electron chi connectivity index (χ4n) is 1.98. The van der Waals surface area contributed by atoms with Crippen molar-refractivity contribution < 1.29 is 4.39 Å². The average molecular weight is 243 g/mol. The van der Waals surface area contributed by atoms with Crippen LogP contribution in [0.3, 0.4) is 0 Å². The van der Waals surface area contributed by atoms with Gasteiger partial charge in [-0.05, 0) is 24.3 Å². The smallest absolute Gasteiger partial charge is 0.143 e. The first-order valence-corrected chi connectivity index (χ1v) is 5.86. The van der Waals surface area contributed by atoms with Crippen LogP contribution in [0.5, 0.6) is 0 Å². The normalized spacial score (nSPS) is 17.9. The number of nitrogens with two attached hydrogens (primary N) is 1. The average Bonchev–Trinajstić information content (AvgIpc) is 2.19. The molecule has 1 aliphatic rings. The van der Waals surface area contributed by atoms with E-state index < -0.39 is 5.82 Å². The van der Waals surface area contributed by atoms with Gasteiger partial charge in [-0.25, -0.2) is 4.39 Å². The van der Waals surface area contributed by atoms with Crippen molar-refractivity contribution in [2.24, 2.45) is 5.41 Å². The van der Waals surface area contributed by atoms with Gasteiger partial charge in [0.1, 0.15) is 5.82 Å². The predicted molar refractivity (Wildman–Crippen MR) is 66.3 cm³/mol. The lowest BCUT2D eigenvalue weighted by Gasteiger charge is -2.38. The molecule has 0 aromatic heterocycles. The zero-order chi connectivity index (χ0) is 11.8. The van der Waals surface area contributed by atoms with Crippen LogP contribution in [0.1, 0.15) is 26.2 Å². The van der Waals surface area contributed by atoms with E-state index in [1.165, 1.54) is 25.3 Å². The van der Waals surface area contributed by atoms with Gasteiger partial charge in [-0.15, -0.1) is 0 Å². The summed E-state index contributed by atoms with van der Waals surface area (Å²) in [5, 5.41) is 3.35. The van der Waals surface area contributed by atoms with E-state index in [1.54, 1.807) is 6.07 Å². The van der Waals surface area contributed by atoms with Crippen LogP contribution in [0, 0.1) is 11.2 Å². The maximum Gasteiger partial charge on any atom is 0.143 e. The third kappa shape index (κ3) is 2.24. The summed E-state index contributed by atoms with van der Waals surface area (Å²) in [5.74, 6) is -0.473. The van der Waals surface area contributed by atoms with Gasteiger partial charge >= 0.3 is 0 Å². The van der Waals surface area contributed by atoms with Gasteiger partial charge in [0, 0.05) is 12.6 Å². The molecule has 0 amide bonds. The molecular formula is C12H16ClFN2. The van der Waals surface area contributed by atoms with Crippen molar-refractivity contribution in [3.8, 4) is 0 Å². The number of hydrogen-bond acceptors (Lipinski definition) is 2. The van der Waals surface area contributed by atoms with Gasteiger partial charge in [0.05, 0.1) is 16.4 Å². The minimum Gasteiger partial charge on any atom is -0.397 e. The lowest BCUT2D eigenvalue weighted by Crippen LogP contribution is -2.33. The summed E-state index contributed by atoms with van der Waals surface area (Å²) >= 11 is 5.71. The van der Waals surface area contributed by atoms with Crippen molar-refractivity contribution in [2.45, 2.75) is 26.2 Å². The molecule has 1 saturated carbocycles. The van der Waals surface area contributed by atoms with Gasteiger partial charge in [0.15, 0.2) is 0 Å². The number of halogens is 2. The Morgan fingerprint density at radius 1 is 1.50 bits per heavy atom. The second-order valence-corrected chi connectivity index (χ2v) is 5.28. The monoisotopic (exact) mass is 242 g/mol. The minimum atomic E-state index is -0.473. The van der Waals surface area contributed by atoms with E-state index in [1.807, 2.05) is 0 Å². The summed E-state index contributed by atoms with van der Waals surface area (Å²) in [6.45, 7) is 3.10. The van der Waals surface area contributed by atoms with Crippen LogP contribution >= 0.6 is 11.6 Å². The van der Waals surface area contributed by atoms with Crippen molar-refractivity contribution in [1.29, 1.82) is 0 Å². The molecule has 2 nitrogen and oxygen atoms in total. The fourth-order valence-corrected chi connectivity index (χ4v) is 2.14. The Kier molecular flexibility index (Phi) is 2.98. The molecule has 0 unspecified atom stereocenters. The van der Waals surface area contributed by atoms with Crippen molar-refractivity contribution in [3.63, 3.8) is 0 Å². The van der Waals surface area contributed by atoms with Crippen LogP contribution in [-0.4, -0.2) is 6.54 Å². The number of rotatable bonds is 3. The molecule has 2 rings (SSSR count). The summed E-state index contributed by atoms with van der Waals surface area (Å²) < 4.78 is 13.1. The van der Waals surface area contributed by atoms with Crippen molar-refractivity contribution in [3.05, 3.63) is 23.0 Å². The first kappa shape index (κ1) is 11.5. The standard InChI is InChI=1S/C12H16ClFN2/c1-12(3-2-4-12)7-16-11-5-8(13)9(14)6-10(11)15/h5-6,16H,2-4,7,15H2,1H3. The lowest BCUT2D eigenvalue weighted by atomic mass is 9.70. The highest BCUT2D eigenvalue weighted by molar-refractivity contribution is 6.31. The maximum atomic E-state index is 13.1. The second kappa shape index (κ2) is 4.13. The van der Waals surface area contributed by atoms with Gasteiger partial charge in [-0.3, -0.25) is 0 Å². The summed E-state index contributed by atoms with van der Waals surface area (Å²) in [7, 11) is 0. The predicted octanol–water partition coefficient (Wildman–Crippen LogP) is 3.66. The summed E-state index contributed by atoms with van der Waals surface area (Å²) in [5.41, 5.74) is 7.20. The van der Waals surface area contributed by atoms with Gasteiger partial charge < -0.3 is 11.1 Å². The van der Waals surface area contributed by atoms with Crippen LogP contribution in [0.4, 0.5) is 15.8 Å². The Morgan fingerprint density at radius 2 is 2.19 bits per heavy atom. The van der Waals surface area contributed by atoms with Gasteiger partial charge in [-0.2, -0.15) is 0 Å². The largest absolute Gasteiger partial charge is 0.397 e. The molecule has 1 fully saturated rings. The zero-order valence-electron chi connectivity index (χ0n) is 9.32. The molecule has 88 valence electrons. The Morgan fingerprint density at radius 3 is 2.75 bits per heavy atom. The molecule has 0 spiro atoms. The van der Waals surface area contributed by atoms with Gasteiger partial charge in [0.2, 0.25) is 0 Å². The van der Waals surface area contributed by atoms with Crippen LogP contribution in [0.2, 0.25) is 5.02 Å². The van der Waals surface area contributed by atoms with E-state index in [2.05, 4.69) is 12.2 Å². The molecule has 0 radical (unpaired) electrons. The fraction of sp³-hybridized carbons (Fsp3) is 0.500. The van der Waals surface area contributed by atoms with Crippen molar-refractivity contribution >= 4 is 23.0 Å². The molecule has 1 aromatic rings. The second-order valence-electron chi connectivity index (χ2n) is 4.87. The third-order valence-corrected chi connectivity index (χ3v) is 3.65. The molecular weight excluding hydrogens is 227 g/mol. The van der Waals surface area contributed by atoms with E-state index in [9.17, 15) is 4.39 Å². The molecule has 4 heteroatoms. The minimum absolute atomic E-state index is 0.107. The van der Waals surface area contributed by atoms with Crippen LogP contribution in [0.15, 0.2) is 12.1 Å². The highest BCUT2D eigenvalue weighted by Crippen LogP contribution is 2.40. The van der Waals surface area contributed by atoms with Crippen LogP contribution in [-0.2, 0) is 0 Å². The third-order valence-electron chi connectivity index (χ3n) is 3.36. The molecule has 0 bridgehead atoms. The highest BCUT2D eigenvalue weighted by atomic mass is 35.5. The van der Waals surface area contributed by atoms with Gasteiger partial charge in [0.25, 0.3) is 0 Å². The first-order chi connectivity index (χ1) is 7.50. The Hall–Kier alpha value is -0.960. The highest BCUT2D eigenvalue weighted by Gasteiger charge is 2.31. The first-order valence-electron chi connectivity index (χ1n) is 5.49. The molecule has 3 N–H and O–H groups in total. The Balaban J connectivity index is 2.06. The van der Waals surface area contributed by atoms with Gasteiger partial charge in [-0.1, -0.05) is 24.9 Å². The maximum absolute atomic E-state index is 13.1. The molecule has 16 heavy (non-hydrogen) atoms. The van der Waals surface area contributed by atoms with E-state index in [4.69, 9.17) is 17.3 Å². The molecule has 0 aliphatic heterocycles. The van der Waals surface area contributed by atoms with Crippen molar-refractivity contribution in [2.75, 3.05) is 17.6 Å². The van der Waals surface area contributed by atoms with E-state index >= 15 is 0 Å². The molecule has 1 aliphatic carbocycles. The van der Waals surface area contributed by atoms with E-state index in [-0.39, 0.29) is 5.02 Å². The van der Waals surface area contributed by atoms with Crippen LogP contribution in [0.25, 0.3) is 0 Å². The van der Waals surface area contributed by atoms with Crippen LogP contribution < -0.4 is 11.1 Å². The Labute approximate surface area is 100.0 Å². The number of benzene rings is 1. The van der Waals surface area contributed by atoms with E-state index in [0.29, 0.717) is 11.1 Å². The molecule has 0 saturated heterocycles. The SMILES string of the molecule is CC1(CNc2cc(Cl)c(F)cc2N)CCC1. The summed E-state index contributed by atoms with van der Waals surface area (Å²) in [4.78, 5) is 0. The number of hydrogen-bond donors (Lipinski definition) is 2. The topological polar surface area (TPSA) is 38.0 Å². The quantitative estimate of drug-likeness (QED) is 0.794. The lowest BCUT2D eigenvalue weighted by molar-refractivity contribution is 0.180. The Bertz CT molecular complexity index is 402. The zero-order valence-corrected chi connectivity index (χ0v) is 10.1. The molecule has 0 heterocycles. The summed E-state index contributed by atoms with van der Waals surface area (Å²) in [6, 6.07) is 2.81. The number of anilines is 2. The van der Waals surface area contributed by atoms with Crippen molar-refractivity contribution in [1.82, 2.24) is 0 Å². The number of nitrogens with one attached hydrogen (secondary N) is 1. The number of nitrogen functional groups attached to an aromatic ring is 1. The molecule has 0 atom stereocenters. The molecule has 1 aromatic carbocycles.